The quantitative estimate of drug-likeness (QED) is 0.422. The Bertz CT molecular complexity index is 1050. The number of hydrogen-bond donors (Lipinski definition) is 1. The molecule has 33 heavy (non-hydrogen) atoms. The van der Waals surface area contributed by atoms with E-state index in [2.05, 4.69) is 19.2 Å². The molecular weight excluding hydrogens is 416 g/mol. The summed E-state index contributed by atoms with van der Waals surface area (Å²) < 4.78 is 7.16. The highest BCUT2D eigenvalue weighted by Crippen LogP contribution is 2.18. The van der Waals surface area contributed by atoms with Crippen molar-refractivity contribution in [2.75, 3.05) is 26.7 Å². The van der Waals surface area contributed by atoms with E-state index in [0.717, 1.165) is 55.0 Å². The van der Waals surface area contributed by atoms with E-state index >= 15 is 0 Å². The summed E-state index contributed by atoms with van der Waals surface area (Å²) in [5.74, 6) is 1.60. The van der Waals surface area contributed by atoms with Crippen LogP contribution >= 0.6 is 0 Å². The molecule has 0 unspecified atom stereocenters. The molecular formula is C26H34N4O3. The Labute approximate surface area is 195 Å². The Morgan fingerprint density at radius 3 is 2.39 bits per heavy atom. The molecule has 1 heterocycles. The van der Waals surface area contributed by atoms with Crippen molar-refractivity contribution in [3.63, 3.8) is 0 Å². The van der Waals surface area contributed by atoms with Gasteiger partial charge < -0.3 is 19.5 Å². The van der Waals surface area contributed by atoms with Crippen LogP contribution in [0, 0.1) is 0 Å². The van der Waals surface area contributed by atoms with Gasteiger partial charge in [0, 0.05) is 31.6 Å². The van der Waals surface area contributed by atoms with Crippen LogP contribution in [-0.2, 0) is 17.8 Å². The first-order valence-corrected chi connectivity index (χ1v) is 11.7. The first-order valence-electron chi connectivity index (χ1n) is 11.7. The third-order valence-corrected chi connectivity index (χ3v) is 5.58. The van der Waals surface area contributed by atoms with Crippen LogP contribution in [0.15, 0.2) is 48.5 Å². The zero-order chi connectivity index (χ0) is 23.6. The summed E-state index contributed by atoms with van der Waals surface area (Å²) in [7, 11) is 1.60. The molecule has 0 aliphatic rings. The van der Waals surface area contributed by atoms with E-state index in [1.165, 1.54) is 0 Å². The van der Waals surface area contributed by atoms with E-state index in [1.807, 2.05) is 33.7 Å². The highest BCUT2D eigenvalue weighted by Gasteiger charge is 2.17. The maximum atomic E-state index is 13.0. The molecule has 0 bridgehead atoms. The van der Waals surface area contributed by atoms with Crippen LogP contribution in [0.25, 0.3) is 11.0 Å². The van der Waals surface area contributed by atoms with E-state index < -0.39 is 0 Å². The number of aromatic nitrogens is 2. The van der Waals surface area contributed by atoms with Gasteiger partial charge in [0.05, 0.1) is 18.1 Å². The van der Waals surface area contributed by atoms with Crippen molar-refractivity contribution in [2.45, 2.75) is 46.1 Å². The number of para-hydroxylation sites is 2. The number of carbonyl (C=O) groups is 2. The van der Waals surface area contributed by atoms with Crippen molar-refractivity contribution in [3.05, 3.63) is 59.9 Å². The monoisotopic (exact) mass is 450 g/mol. The maximum absolute atomic E-state index is 13.0. The predicted molar refractivity (Wildman–Crippen MR) is 131 cm³/mol. The molecule has 0 aliphatic carbocycles. The molecule has 0 radical (unpaired) electrons. The largest absolute Gasteiger partial charge is 0.497 e. The van der Waals surface area contributed by atoms with Crippen LogP contribution in [0.5, 0.6) is 5.75 Å². The minimum absolute atomic E-state index is 0.115. The number of rotatable bonds is 12. The molecule has 0 fully saturated rings. The number of carbonyl (C=O) groups excluding carboxylic acids is 2. The fourth-order valence-electron chi connectivity index (χ4n) is 3.92. The number of benzene rings is 2. The lowest BCUT2D eigenvalue weighted by atomic mass is 10.2. The molecule has 7 heteroatoms. The van der Waals surface area contributed by atoms with Crippen molar-refractivity contribution < 1.29 is 14.3 Å². The van der Waals surface area contributed by atoms with E-state index in [9.17, 15) is 9.59 Å². The molecule has 2 amide bonds. The van der Waals surface area contributed by atoms with Gasteiger partial charge in [-0.1, -0.05) is 26.0 Å². The van der Waals surface area contributed by atoms with E-state index in [4.69, 9.17) is 9.72 Å². The number of aryl methyl sites for hydroxylation is 1. The SMILES string of the molecule is CCCN(CCC)C(=O)Cn1c(CCCNC(=O)c2ccc(OC)cc2)nc2ccccc21. The van der Waals surface area contributed by atoms with Crippen LogP contribution in [0.2, 0.25) is 0 Å². The fourth-order valence-corrected chi connectivity index (χ4v) is 3.92. The average Bonchev–Trinajstić information content (AvgIpc) is 3.18. The van der Waals surface area contributed by atoms with Gasteiger partial charge in [0.15, 0.2) is 0 Å². The first kappa shape index (κ1) is 24.3. The summed E-state index contributed by atoms with van der Waals surface area (Å²) in [6, 6.07) is 15.0. The summed E-state index contributed by atoms with van der Waals surface area (Å²) in [6.07, 6.45) is 3.29. The number of fused-ring (bicyclic) bond motifs is 1. The van der Waals surface area contributed by atoms with Gasteiger partial charge in [-0.3, -0.25) is 9.59 Å². The van der Waals surface area contributed by atoms with Gasteiger partial charge in [-0.25, -0.2) is 4.98 Å². The van der Waals surface area contributed by atoms with Crippen LogP contribution in [0.1, 0.15) is 49.3 Å². The Kier molecular flexibility index (Phi) is 8.87. The first-order chi connectivity index (χ1) is 16.1. The summed E-state index contributed by atoms with van der Waals surface area (Å²) in [4.78, 5) is 32.1. The zero-order valence-electron chi connectivity index (χ0n) is 19.8. The number of ether oxygens (including phenoxy) is 1. The Morgan fingerprint density at radius 2 is 1.73 bits per heavy atom. The molecule has 176 valence electrons. The lowest BCUT2D eigenvalue weighted by molar-refractivity contribution is -0.131. The van der Waals surface area contributed by atoms with Gasteiger partial charge in [-0.2, -0.15) is 0 Å². The van der Waals surface area contributed by atoms with Crippen LogP contribution in [0.4, 0.5) is 0 Å². The van der Waals surface area contributed by atoms with Crippen LogP contribution in [0.3, 0.4) is 0 Å². The number of nitrogens with one attached hydrogen (secondary N) is 1. The van der Waals surface area contributed by atoms with Gasteiger partial charge in [-0.05, 0) is 55.7 Å². The third kappa shape index (κ3) is 6.34. The van der Waals surface area contributed by atoms with Crippen molar-refractivity contribution in [1.82, 2.24) is 19.8 Å². The highest BCUT2D eigenvalue weighted by atomic mass is 16.5. The van der Waals surface area contributed by atoms with Crippen LogP contribution in [-0.4, -0.2) is 53.0 Å². The number of amides is 2. The standard InChI is InChI=1S/C26H34N4O3/c1-4-17-29(18-5-2)25(31)19-30-23-10-7-6-9-22(23)28-24(30)11-8-16-27-26(32)20-12-14-21(33-3)15-13-20/h6-7,9-10,12-15H,4-5,8,11,16-19H2,1-3H3,(H,27,32). The molecule has 0 saturated carbocycles. The second-order valence-electron chi connectivity index (χ2n) is 8.07. The second kappa shape index (κ2) is 12.0. The summed E-state index contributed by atoms with van der Waals surface area (Å²) in [5.41, 5.74) is 2.46. The van der Waals surface area contributed by atoms with Gasteiger partial charge in [0.1, 0.15) is 18.1 Å². The van der Waals surface area contributed by atoms with Crippen LogP contribution < -0.4 is 10.1 Å². The van der Waals surface area contributed by atoms with Crippen molar-refractivity contribution in [3.8, 4) is 5.75 Å². The number of imidazole rings is 1. The Balaban J connectivity index is 1.65. The van der Waals surface area contributed by atoms with Gasteiger partial charge in [0.2, 0.25) is 5.91 Å². The molecule has 0 saturated heterocycles. The lowest BCUT2D eigenvalue weighted by Crippen LogP contribution is -2.35. The molecule has 0 atom stereocenters. The zero-order valence-corrected chi connectivity index (χ0v) is 19.8. The number of nitrogens with zero attached hydrogens (tertiary/aromatic N) is 3. The average molecular weight is 451 g/mol. The van der Waals surface area contributed by atoms with Crippen molar-refractivity contribution >= 4 is 22.8 Å². The van der Waals surface area contributed by atoms with Gasteiger partial charge in [0.25, 0.3) is 5.91 Å². The van der Waals surface area contributed by atoms with Crippen molar-refractivity contribution in [2.24, 2.45) is 0 Å². The number of methoxy groups -OCH3 is 1. The van der Waals surface area contributed by atoms with E-state index in [0.29, 0.717) is 18.5 Å². The second-order valence-corrected chi connectivity index (χ2v) is 8.07. The van der Waals surface area contributed by atoms with Gasteiger partial charge >= 0.3 is 0 Å². The summed E-state index contributed by atoms with van der Waals surface area (Å²) in [5, 5.41) is 2.96. The van der Waals surface area contributed by atoms with E-state index in [1.54, 1.807) is 31.4 Å². The third-order valence-electron chi connectivity index (χ3n) is 5.58. The fraction of sp³-hybridized carbons (Fsp3) is 0.423. The highest BCUT2D eigenvalue weighted by molar-refractivity contribution is 5.94. The maximum Gasteiger partial charge on any atom is 0.251 e. The predicted octanol–water partition coefficient (Wildman–Crippen LogP) is 4.06. The van der Waals surface area contributed by atoms with E-state index in [-0.39, 0.29) is 18.4 Å². The Hall–Kier alpha value is -3.35. The molecule has 7 nitrogen and oxygen atoms in total. The smallest absolute Gasteiger partial charge is 0.251 e. The molecule has 3 aromatic rings. The Morgan fingerprint density at radius 1 is 1.03 bits per heavy atom. The molecule has 0 spiro atoms. The minimum Gasteiger partial charge on any atom is -0.497 e. The summed E-state index contributed by atoms with van der Waals surface area (Å²) >= 11 is 0. The molecule has 3 rings (SSSR count). The molecule has 0 aliphatic heterocycles. The molecule has 1 aromatic heterocycles. The summed E-state index contributed by atoms with van der Waals surface area (Å²) in [6.45, 7) is 6.54. The lowest BCUT2D eigenvalue weighted by Gasteiger charge is -2.22. The molecule has 1 N–H and O–H groups in total. The number of hydrogen-bond acceptors (Lipinski definition) is 4. The minimum atomic E-state index is -0.115. The van der Waals surface area contributed by atoms with Gasteiger partial charge in [-0.15, -0.1) is 0 Å². The molecule has 2 aromatic carbocycles. The normalized spacial score (nSPS) is 10.9. The van der Waals surface area contributed by atoms with Crippen molar-refractivity contribution in [1.29, 1.82) is 0 Å². The topological polar surface area (TPSA) is 76.5 Å².